The number of amides is 2. The van der Waals surface area contributed by atoms with Crippen LogP contribution in [0.15, 0.2) is 18.2 Å². The molecule has 27 heavy (non-hydrogen) atoms. The molecule has 3 heterocycles. The van der Waals surface area contributed by atoms with E-state index < -0.39 is 6.04 Å². The van der Waals surface area contributed by atoms with Crippen LogP contribution in [0.25, 0.3) is 0 Å². The van der Waals surface area contributed by atoms with Crippen LogP contribution in [0.1, 0.15) is 41.9 Å². The van der Waals surface area contributed by atoms with Crippen LogP contribution in [-0.4, -0.2) is 44.1 Å². The number of carbonyl (C=O) groups excluding carboxylic acids is 2. The number of aromatic nitrogens is 3. The van der Waals surface area contributed by atoms with Crippen molar-refractivity contribution < 1.29 is 9.59 Å². The van der Waals surface area contributed by atoms with Crippen LogP contribution >= 0.6 is 23.2 Å². The van der Waals surface area contributed by atoms with Gasteiger partial charge in [0.15, 0.2) is 0 Å². The van der Waals surface area contributed by atoms with Gasteiger partial charge < -0.3 is 4.90 Å². The number of aryl methyl sites for hydroxylation is 1. The number of hydrogen-bond donors (Lipinski definition) is 1. The number of likely N-dealkylation sites (tertiary alicyclic amines) is 1. The molecular weight excluding hydrogens is 389 g/mol. The minimum Gasteiger partial charge on any atom is -0.327 e. The molecule has 0 spiro atoms. The van der Waals surface area contributed by atoms with Crippen LogP contribution in [-0.2, 0) is 17.8 Å². The van der Waals surface area contributed by atoms with Crippen molar-refractivity contribution in [3.8, 4) is 0 Å². The lowest BCUT2D eigenvalue weighted by molar-refractivity contribution is -0.119. The van der Waals surface area contributed by atoms with Gasteiger partial charge in [-0.15, -0.1) is 10.2 Å². The van der Waals surface area contributed by atoms with Gasteiger partial charge in [0.25, 0.3) is 5.91 Å². The maximum atomic E-state index is 12.9. The summed E-state index contributed by atoms with van der Waals surface area (Å²) in [5.41, 5.74) is 0.382. The molecule has 1 unspecified atom stereocenters. The number of anilines is 1. The largest absolute Gasteiger partial charge is 0.327 e. The molecule has 1 atom stereocenters. The number of benzene rings is 1. The molecule has 0 bridgehead atoms. The molecule has 1 aromatic carbocycles. The monoisotopic (exact) mass is 407 g/mol. The Kier molecular flexibility index (Phi) is 5.06. The van der Waals surface area contributed by atoms with Gasteiger partial charge in [0.05, 0.1) is 0 Å². The van der Waals surface area contributed by atoms with Gasteiger partial charge in [-0.05, 0) is 43.9 Å². The fourth-order valence-electron chi connectivity index (χ4n) is 3.72. The van der Waals surface area contributed by atoms with Crippen LogP contribution in [0.5, 0.6) is 0 Å². The molecule has 1 aromatic heterocycles. The van der Waals surface area contributed by atoms with Gasteiger partial charge in [-0.3, -0.25) is 19.5 Å². The summed E-state index contributed by atoms with van der Waals surface area (Å²) in [5, 5.41) is 11.9. The van der Waals surface area contributed by atoms with Crippen molar-refractivity contribution in [1.82, 2.24) is 19.7 Å². The van der Waals surface area contributed by atoms with Gasteiger partial charge in [-0.25, -0.2) is 0 Å². The summed E-state index contributed by atoms with van der Waals surface area (Å²) in [6.45, 7) is 1.31. The molecule has 0 saturated carbocycles. The Bertz CT molecular complexity index is 878. The number of fused-ring (bicyclic) bond motifs is 1. The molecule has 2 amide bonds. The van der Waals surface area contributed by atoms with E-state index in [4.69, 9.17) is 23.2 Å². The van der Waals surface area contributed by atoms with Gasteiger partial charge in [-0.2, -0.15) is 0 Å². The molecule has 9 heteroatoms. The fraction of sp³-hybridized carbons (Fsp3) is 0.444. The van der Waals surface area contributed by atoms with Gasteiger partial charge in [0, 0.05) is 35.1 Å². The summed E-state index contributed by atoms with van der Waals surface area (Å²) in [7, 11) is 0. The zero-order valence-corrected chi connectivity index (χ0v) is 16.1. The van der Waals surface area contributed by atoms with E-state index in [9.17, 15) is 9.59 Å². The van der Waals surface area contributed by atoms with Crippen molar-refractivity contribution in [3.05, 3.63) is 39.6 Å². The molecule has 1 fully saturated rings. The van der Waals surface area contributed by atoms with E-state index >= 15 is 0 Å². The van der Waals surface area contributed by atoms with E-state index in [1.54, 1.807) is 23.1 Å². The minimum atomic E-state index is -0.549. The summed E-state index contributed by atoms with van der Waals surface area (Å²) in [5.74, 6) is 0.861. The second-order valence-electron chi connectivity index (χ2n) is 6.85. The van der Waals surface area contributed by atoms with E-state index in [0.717, 1.165) is 38.1 Å². The van der Waals surface area contributed by atoms with Crippen molar-refractivity contribution in [1.29, 1.82) is 0 Å². The molecule has 1 saturated heterocycles. The molecule has 1 N–H and O–H groups in total. The second kappa shape index (κ2) is 7.48. The zero-order chi connectivity index (χ0) is 19.0. The first-order valence-electron chi connectivity index (χ1n) is 9.03. The molecule has 0 aliphatic carbocycles. The average molecular weight is 408 g/mol. The standard InChI is InChI=1S/C18H19Cl2N5O2/c19-12-8-11(9-13(20)10-12)17(27)24-7-3-4-14(24)16(26)21-18-23-22-15-5-1-2-6-25(15)18/h8-10,14H,1-7H2,(H,21,23,26). The van der Waals surface area contributed by atoms with Crippen molar-refractivity contribution in [2.75, 3.05) is 11.9 Å². The van der Waals surface area contributed by atoms with Gasteiger partial charge in [0.2, 0.25) is 11.9 Å². The van der Waals surface area contributed by atoms with E-state index in [0.29, 0.717) is 34.5 Å². The number of hydrogen-bond acceptors (Lipinski definition) is 4. The van der Waals surface area contributed by atoms with E-state index in [-0.39, 0.29) is 11.8 Å². The molecule has 142 valence electrons. The first-order valence-corrected chi connectivity index (χ1v) is 9.78. The molecule has 4 rings (SSSR count). The highest BCUT2D eigenvalue weighted by molar-refractivity contribution is 6.35. The van der Waals surface area contributed by atoms with Gasteiger partial charge >= 0.3 is 0 Å². The second-order valence-corrected chi connectivity index (χ2v) is 7.73. The number of nitrogens with one attached hydrogen (secondary N) is 1. The van der Waals surface area contributed by atoms with Crippen molar-refractivity contribution >= 4 is 41.0 Å². The Morgan fingerprint density at radius 1 is 1.04 bits per heavy atom. The Hall–Kier alpha value is -2.12. The van der Waals surface area contributed by atoms with E-state index in [1.165, 1.54) is 0 Å². The Labute approximate surface area is 166 Å². The maximum absolute atomic E-state index is 12.9. The maximum Gasteiger partial charge on any atom is 0.254 e. The average Bonchev–Trinajstić information content (AvgIpc) is 3.28. The lowest BCUT2D eigenvalue weighted by Crippen LogP contribution is -2.43. The molecule has 0 radical (unpaired) electrons. The molecule has 2 aliphatic rings. The summed E-state index contributed by atoms with van der Waals surface area (Å²) < 4.78 is 1.94. The first-order chi connectivity index (χ1) is 13.0. The summed E-state index contributed by atoms with van der Waals surface area (Å²) in [6, 6.07) is 4.16. The van der Waals surface area contributed by atoms with Gasteiger partial charge in [0.1, 0.15) is 11.9 Å². The van der Waals surface area contributed by atoms with Crippen LogP contribution in [0, 0.1) is 0 Å². The van der Waals surface area contributed by atoms with Crippen LogP contribution < -0.4 is 5.32 Å². The van der Waals surface area contributed by atoms with E-state index in [1.807, 2.05) is 4.57 Å². The molecule has 7 nitrogen and oxygen atoms in total. The highest BCUT2D eigenvalue weighted by Gasteiger charge is 2.35. The normalized spacial score (nSPS) is 19.0. The highest BCUT2D eigenvalue weighted by Crippen LogP contribution is 2.25. The Morgan fingerprint density at radius 3 is 2.59 bits per heavy atom. The van der Waals surface area contributed by atoms with E-state index in [2.05, 4.69) is 15.5 Å². The summed E-state index contributed by atoms with van der Waals surface area (Å²) >= 11 is 12.0. The quantitative estimate of drug-likeness (QED) is 0.846. The van der Waals surface area contributed by atoms with Gasteiger partial charge in [-0.1, -0.05) is 23.2 Å². The Morgan fingerprint density at radius 2 is 1.81 bits per heavy atom. The third-order valence-corrected chi connectivity index (χ3v) is 5.46. The number of rotatable bonds is 3. The van der Waals surface area contributed by atoms with Crippen LogP contribution in [0.4, 0.5) is 5.95 Å². The lowest BCUT2D eigenvalue weighted by atomic mass is 10.1. The SMILES string of the molecule is O=C(Nc1nnc2n1CCCC2)C1CCCN1C(=O)c1cc(Cl)cc(Cl)c1. The first kappa shape index (κ1) is 18.3. The Balaban J connectivity index is 1.51. The summed E-state index contributed by atoms with van der Waals surface area (Å²) in [6.07, 6.45) is 4.35. The highest BCUT2D eigenvalue weighted by atomic mass is 35.5. The molecule has 2 aromatic rings. The predicted molar refractivity (Wildman–Crippen MR) is 102 cm³/mol. The topological polar surface area (TPSA) is 80.1 Å². The predicted octanol–water partition coefficient (Wildman–Crippen LogP) is 3.16. The van der Waals surface area contributed by atoms with Crippen molar-refractivity contribution in [3.63, 3.8) is 0 Å². The minimum absolute atomic E-state index is 0.241. The van der Waals surface area contributed by atoms with Crippen molar-refractivity contribution in [2.24, 2.45) is 0 Å². The van der Waals surface area contributed by atoms with Crippen molar-refractivity contribution in [2.45, 2.75) is 44.7 Å². The number of halogens is 2. The molecule has 2 aliphatic heterocycles. The third kappa shape index (κ3) is 3.66. The fourth-order valence-corrected chi connectivity index (χ4v) is 4.25. The third-order valence-electron chi connectivity index (χ3n) is 5.02. The lowest BCUT2D eigenvalue weighted by Gasteiger charge is -2.24. The van der Waals surface area contributed by atoms with Crippen LogP contribution in [0.3, 0.4) is 0 Å². The smallest absolute Gasteiger partial charge is 0.254 e. The number of carbonyl (C=O) groups is 2. The number of nitrogens with zero attached hydrogens (tertiary/aromatic N) is 4. The molecular formula is C18H19Cl2N5O2. The van der Waals surface area contributed by atoms with Crippen LogP contribution in [0.2, 0.25) is 10.0 Å². The summed E-state index contributed by atoms with van der Waals surface area (Å²) in [4.78, 5) is 27.3. The zero-order valence-electron chi connectivity index (χ0n) is 14.6.